The van der Waals surface area contributed by atoms with Crippen LogP contribution in [0.5, 0.6) is 0 Å². The summed E-state index contributed by atoms with van der Waals surface area (Å²) in [7, 11) is 0. The third kappa shape index (κ3) is 4.53. The van der Waals surface area contributed by atoms with Crippen molar-refractivity contribution in [3.63, 3.8) is 0 Å². The predicted octanol–water partition coefficient (Wildman–Crippen LogP) is 4.07. The topological polar surface area (TPSA) is 74.6 Å². The molecule has 2 aromatic carbocycles. The minimum atomic E-state index is -4.64. The number of carbonyl (C=O) groups is 2. The van der Waals surface area contributed by atoms with Crippen LogP contribution in [0.1, 0.15) is 17.5 Å². The van der Waals surface area contributed by atoms with E-state index in [1.54, 1.807) is 0 Å². The van der Waals surface area contributed by atoms with E-state index in [4.69, 9.17) is 11.6 Å². The summed E-state index contributed by atoms with van der Waals surface area (Å²) in [6.45, 7) is -0.515. The van der Waals surface area contributed by atoms with Crippen molar-refractivity contribution in [1.82, 2.24) is 9.88 Å². The standard InChI is InChI=1S/C22H18ClF4N3O3/c23-13-5-12(6-14(24)7-13)9-28-20(32)16-3-4-30(21(16)33)15-1-2-19-17(8-15)18(22(25,26)27)10-29(19)11-31/h1-2,5-8,10,16,31H,3-4,9,11H2,(H,28,32). The molecule has 1 saturated heterocycles. The molecule has 3 aromatic rings. The van der Waals surface area contributed by atoms with Crippen molar-refractivity contribution in [3.05, 3.63) is 64.6 Å². The average Bonchev–Trinajstić information content (AvgIpc) is 3.31. The van der Waals surface area contributed by atoms with E-state index in [2.05, 4.69) is 5.32 Å². The number of anilines is 1. The number of fused-ring (bicyclic) bond motifs is 1. The van der Waals surface area contributed by atoms with E-state index in [1.807, 2.05) is 0 Å². The molecule has 1 aliphatic rings. The number of carbonyl (C=O) groups excluding carboxylic acids is 2. The van der Waals surface area contributed by atoms with Crippen molar-refractivity contribution in [1.29, 1.82) is 0 Å². The lowest BCUT2D eigenvalue weighted by molar-refractivity contribution is -0.136. The van der Waals surface area contributed by atoms with Gasteiger partial charge < -0.3 is 19.9 Å². The highest BCUT2D eigenvalue weighted by Gasteiger charge is 2.39. The predicted molar refractivity (Wildman–Crippen MR) is 113 cm³/mol. The molecule has 0 bridgehead atoms. The van der Waals surface area contributed by atoms with Crippen LogP contribution in [0.4, 0.5) is 23.2 Å². The van der Waals surface area contributed by atoms with Crippen molar-refractivity contribution < 1.29 is 32.3 Å². The summed E-state index contributed by atoms with van der Waals surface area (Å²) < 4.78 is 54.8. The zero-order valence-corrected chi connectivity index (χ0v) is 17.8. The normalized spacial score (nSPS) is 16.6. The number of rotatable bonds is 5. The van der Waals surface area contributed by atoms with E-state index in [1.165, 1.54) is 35.2 Å². The van der Waals surface area contributed by atoms with Gasteiger partial charge in [-0.3, -0.25) is 9.59 Å². The maximum Gasteiger partial charge on any atom is 0.418 e. The number of aliphatic hydroxyl groups excluding tert-OH is 1. The summed E-state index contributed by atoms with van der Waals surface area (Å²) in [6, 6.07) is 7.92. The molecule has 4 rings (SSSR count). The quantitative estimate of drug-likeness (QED) is 0.424. The van der Waals surface area contributed by atoms with Gasteiger partial charge in [-0.05, 0) is 48.4 Å². The number of aromatic nitrogens is 1. The number of hydrogen-bond acceptors (Lipinski definition) is 3. The van der Waals surface area contributed by atoms with Crippen molar-refractivity contribution in [2.24, 2.45) is 5.92 Å². The number of alkyl halides is 3. The first-order valence-corrected chi connectivity index (χ1v) is 10.3. The summed E-state index contributed by atoms with van der Waals surface area (Å²) in [5.41, 5.74) is -0.110. The van der Waals surface area contributed by atoms with E-state index in [0.29, 0.717) is 5.56 Å². The molecule has 2 N–H and O–H groups in total. The molecule has 2 amide bonds. The van der Waals surface area contributed by atoms with Crippen LogP contribution < -0.4 is 10.2 Å². The average molecular weight is 484 g/mol. The van der Waals surface area contributed by atoms with Gasteiger partial charge in [0.1, 0.15) is 18.5 Å². The Morgan fingerprint density at radius 3 is 2.64 bits per heavy atom. The largest absolute Gasteiger partial charge is 0.418 e. The Morgan fingerprint density at radius 2 is 1.97 bits per heavy atom. The Hall–Kier alpha value is -3.11. The van der Waals surface area contributed by atoms with Gasteiger partial charge in [-0.1, -0.05) is 11.6 Å². The van der Waals surface area contributed by atoms with Crippen molar-refractivity contribution >= 4 is 40.0 Å². The van der Waals surface area contributed by atoms with Crippen molar-refractivity contribution in [2.45, 2.75) is 25.9 Å². The fraction of sp³-hybridized carbons (Fsp3) is 0.273. The van der Waals surface area contributed by atoms with E-state index < -0.39 is 42.0 Å². The molecule has 33 heavy (non-hydrogen) atoms. The number of aliphatic hydroxyl groups is 1. The molecular formula is C22H18ClF4N3O3. The van der Waals surface area contributed by atoms with Crippen LogP contribution in [-0.4, -0.2) is 28.0 Å². The fourth-order valence-corrected chi connectivity index (χ4v) is 4.25. The van der Waals surface area contributed by atoms with E-state index >= 15 is 0 Å². The molecule has 6 nitrogen and oxygen atoms in total. The lowest BCUT2D eigenvalue weighted by Crippen LogP contribution is -2.36. The maximum absolute atomic E-state index is 13.4. The molecule has 0 saturated carbocycles. The highest BCUT2D eigenvalue weighted by Crippen LogP contribution is 2.38. The number of nitrogens with zero attached hydrogens (tertiary/aromatic N) is 2. The molecule has 1 unspecified atom stereocenters. The second-order valence-electron chi connectivity index (χ2n) is 7.68. The third-order valence-corrected chi connectivity index (χ3v) is 5.76. The summed E-state index contributed by atoms with van der Waals surface area (Å²) >= 11 is 5.79. The van der Waals surface area contributed by atoms with Crippen LogP contribution >= 0.6 is 11.6 Å². The lowest BCUT2D eigenvalue weighted by Gasteiger charge is -2.17. The Bertz CT molecular complexity index is 1220. The second kappa shape index (κ2) is 8.68. The fourth-order valence-electron chi connectivity index (χ4n) is 4.00. The Balaban J connectivity index is 1.53. The highest BCUT2D eigenvalue weighted by molar-refractivity contribution is 6.30. The van der Waals surface area contributed by atoms with Crippen molar-refractivity contribution in [2.75, 3.05) is 11.4 Å². The van der Waals surface area contributed by atoms with Gasteiger partial charge in [0, 0.05) is 35.4 Å². The summed E-state index contributed by atoms with van der Waals surface area (Å²) in [6.07, 6.45) is -3.65. The summed E-state index contributed by atoms with van der Waals surface area (Å²) in [5.74, 6) is -2.68. The molecule has 1 aliphatic heterocycles. The monoisotopic (exact) mass is 483 g/mol. The van der Waals surface area contributed by atoms with Crippen LogP contribution in [0.3, 0.4) is 0 Å². The molecule has 1 aromatic heterocycles. The first kappa shape index (κ1) is 23.1. The van der Waals surface area contributed by atoms with Gasteiger partial charge in [-0.25, -0.2) is 4.39 Å². The van der Waals surface area contributed by atoms with Gasteiger partial charge >= 0.3 is 6.18 Å². The molecule has 1 fully saturated rings. The smallest absolute Gasteiger partial charge is 0.376 e. The molecular weight excluding hydrogens is 466 g/mol. The Morgan fingerprint density at radius 1 is 1.21 bits per heavy atom. The second-order valence-corrected chi connectivity index (χ2v) is 8.12. The molecule has 2 heterocycles. The highest BCUT2D eigenvalue weighted by atomic mass is 35.5. The third-order valence-electron chi connectivity index (χ3n) is 5.55. The molecule has 1 atom stereocenters. The molecule has 0 spiro atoms. The number of hydrogen-bond donors (Lipinski definition) is 2. The minimum Gasteiger partial charge on any atom is -0.376 e. The SMILES string of the molecule is O=C(NCc1cc(F)cc(Cl)c1)C1CCN(c2ccc3c(c2)c(C(F)(F)F)cn3CO)C1=O. The van der Waals surface area contributed by atoms with Crippen LogP contribution in [-0.2, 0) is 29.0 Å². The van der Waals surface area contributed by atoms with Gasteiger partial charge in [0.25, 0.3) is 0 Å². The molecule has 0 radical (unpaired) electrons. The van der Waals surface area contributed by atoms with Gasteiger partial charge in [0.2, 0.25) is 11.8 Å². The van der Waals surface area contributed by atoms with Crippen LogP contribution in [0, 0.1) is 11.7 Å². The number of halogens is 5. The number of benzene rings is 2. The summed E-state index contributed by atoms with van der Waals surface area (Å²) in [5, 5.41) is 11.9. The molecule has 0 aliphatic carbocycles. The zero-order chi connectivity index (χ0) is 23.9. The first-order chi connectivity index (χ1) is 15.6. The van der Waals surface area contributed by atoms with E-state index in [9.17, 15) is 32.3 Å². The van der Waals surface area contributed by atoms with Crippen molar-refractivity contribution in [3.8, 4) is 0 Å². The van der Waals surface area contributed by atoms with Crippen LogP contribution in [0.15, 0.2) is 42.6 Å². The minimum absolute atomic E-state index is 0.0321. The van der Waals surface area contributed by atoms with Gasteiger partial charge in [-0.2, -0.15) is 13.2 Å². The maximum atomic E-state index is 13.4. The lowest BCUT2D eigenvalue weighted by atomic mass is 10.1. The van der Waals surface area contributed by atoms with Crippen LogP contribution in [0.2, 0.25) is 5.02 Å². The number of amides is 2. The molecule has 11 heteroatoms. The van der Waals surface area contributed by atoms with E-state index in [-0.39, 0.29) is 41.1 Å². The first-order valence-electron chi connectivity index (χ1n) is 9.93. The van der Waals surface area contributed by atoms with E-state index in [0.717, 1.165) is 16.8 Å². The number of nitrogens with one attached hydrogen (secondary N) is 1. The zero-order valence-electron chi connectivity index (χ0n) is 17.0. The van der Waals surface area contributed by atoms with Gasteiger partial charge in [0.05, 0.1) is 11.1 Å². The van der Waals surface area contributed by atoms with Gasteiger partial charge in [0.15, 0.2) is 0 Å². The Kier molecular flexibility index (Phi) is 6.06. The molecule has 174 valence electrons. The van der Waals surface area contributed by atoms with Crippen LogP contribution in [0.25, 0.3) is 10.9 Å². The Labute approximate surface area is 190 Å². The summed E-state index contributed by atoms with van der Waals surface area (Å²) in [4.78, 5) is 26.7. The van der Waals surface area contributed by atoms with Gasteiger partial charge in [-0.15, -0.1) is 0 Å².